The van der Waals surface area contributed by atoms with Crippen molar-refractivity contribution in [3.05, 3.63) is 34.4 Å². The van der Waals surface area contributed by atoms with E-state index >= 15 is 0 Å². The van der Waals surface area contributed by atoms with E-state index in [-0.39, 0.29) is 6.07 Å². The quantitative estimate of drug-likeness (QED) is 0.137. The van der Waals surface area contributed by atoms with Crippen LogP contribution in [0.2, 0.25) is 0 Å². The molecule has 0 N–H and O–H groups in total. The van der Waals surface area contributed by atoms with E-state index in [2.05, 4.69) is 4.74 Å². The molecule has 0 fully saturated rings. The molecule has 34 heavy (non-hydrogen) atoms. The van der Waals surface area contributed by atoms with Crippen molar-refractivity contribution in [3.63, 3.8) is 0 Å². The van der Waals surface area contributed by atoms with E-state index in [4.69, 9.17) is 0 Å². The van der Waals surface area contributed by atoms with Crippen LogP contribution in [0.25, 0.3) is 0 Å². The number of halogens is 15. The van der Waals surface area contributed by atoms with Gasteiger partial charge in [0.05, 0.1) is 11.0 Å². The fourth-order valence-electron chi connectivity index (χ4n) is 1.93. The van der Waals surface area contributed by atoms with Gasteiger partial charge in [-0.25, -0.2) is 4.79 Å². The molecule has 1 aromatic carbocycles. The van der Waals surface area contributed by atoms with Crippen molar-refractivity contribution in [3.8, 4) is 5.75 Å². The Labute approximate surface area is 175 Å². The maximum atomic E-state index is 13.7. The second-order valence-electron chi connectivity index (χ2n) is 6.09. The minimum Gasteiger partial charge on any atom is -0.422 e. The Balaban J connectivity index is 3.50. The molecule has 5 nitrogen and oxygen atoms in total. The Kier molecular flexibility index (Phi) is 6.90. The second kappa shape index (κ2) is 8.07. The molecule has 0 aliphatic rings. The molecule has 0 bridgehead atoms. The molecule has 1 aromatic rings. The summed E-state index contributed by atoms with van der Waals surface area (Å²) in [4.78, 5) is 20.4. The molecule has 0 aliphatic carbocycles. The number of non-ortho nitro benzene ring substituents is 1. The summed E-state index contributed by atoms with van der Waals surface area (Å²) in [5, 5.41) is 10.5. The lowest BCUT2D eigenvalue weighted by Gasteiger charge is -2.40. The smallest absolute Gasteiger partial charge is 0.422 e. The third-order valence-electron chi connectivity index (χ3n) is 3.82. The maximum Gasteiger partial charge on any atom is 0.460 e. The Morgan fingerprint density at radius 3 is 1.53 bits per heavy atom. The fourth-order valence-corrected chi connectivity index (χ4v) is 1.93. The van der Waals surface area contributed by atoms with E-state index in [0.29, 0.717) is 18.2 Å². The highest BCUT2D eigenvalue weighted by Crippen LogP contribution is 2.62. The van der Waals surface area contributed by atoms with Crippen LogP contribution < -0.4 is 4.74 Å². The summed E-state index contributed by atoms with van der Waals surface area (Å²) in [6.45, 7) is 0. The number of hydrogen-bond donors (Lipinski definition) is 0. The minimum atomic E-state index is -8.56. The lowest BCUT2D eigenvalue weighted by Crippen LogP contribution is -2.73. The highest BCUT2D eigenvalue weighted by atomic mass is 19.4. The molecule has 194 valence electrons. The van der Waals surface area contributed by atoms with E-state index in [1.54, 1.807) is 0 Å². The Morgan fingerprint density at radius 2 is 1.12 bits per heavy atom. The predicted octanol–water partition coefficient (Wildman–Crippen LogP) is 5.87. The van der Waals surface area contributed by atoms with Crippen LogP contribution in [-0.2, 0) is 4.79 Å². The summed E-state index contributed by atoms with van der Waals surface area (Å²) in [6.07, 6.45) is -7.76. The summed E-state index contributed by atoms with van der Waals surface area (Å²) in [6, 6.07) is 1.49. The van der Waals surface area contributed by atoms with Crippen molar-refractivity contribution in [1.29, 1.82) is 0 Å². The molecule has 1 rings (SSSR count). The van der Waals surface area contributed by atoms with Crippen LogP contribution in [0.1, 0.15) is 0 Å². The van der Waals surface area contributed by atoms with Gasteiger partial charge in [-0.1, -0.05) is 6.07 Å². The first-order valence-electron chi connectivity index (χ1n) is 7.61. The summed E-state index contributed by atoms with van der Waals surface area (Å²) >= 11 is 0. The highest BCUT2D eigenvalue weighted by molar-refractivity contribution is 5.81. The Hall–Kier alpha value is -2.96. The first-order chi connectivity index (χ1) is 14.8. The van der Waals surface area contributed by atoms with Gasteiger partial charge in [0.15, 0.2) is 0 Å². The number of nitrogens with zero attached hydrogens (tertiary/aromatic N) is 1. The third kappa shape index (κ3) is 4.05. The first kappa shape index (κ1) is 29.1. The van der Waals surface area contributed by atoms with Crippen LogP contribution >= 0.6 is 0 Å². The largest absolute Gasteiger partial charge is 0.460 e. The summed E-state index contributed by atoms with van der Waals surface area (Å²) in [5.74, 6) is -54.4. The van der Waals surface area contributed by atoms with Gasteiger partial charge >= 0.3 is 47.7 Å². The number of ether oxygens (including phenoxy) is 1. The lowest BCUT2D eigenvalue weighted by molar-refractivity contribution is -0.450. The highest BCUT2D eigenvalue weighted by Gasteiger charge is 2.94. The zero-order valence-electron chi connectivity index (χ0n) is 15.1. The zero-order chi connectivity index (χ0) is 27.3. The molecule has 0 radical (unpaired) electrons. The van der Waals surface area contributed by atoms with Gasteiger partial charge in [0.25, 0.3) is 5.69 Å². The topological polar surface area (TPSA) is 69.4 Å². The van der Waals surface area contributed by atoms with Gasteiger partial charge in [-0.3, -0.25) is 10.1 Å². The van der Waals surface area contributed by atoms with Crippen LogP contribution in [0, 0.1) is 10.1 Å². The molecule has 0 aliphatic heterocycles. The molecule has 0 atom stereocenters. The minimum absolute atomic E-state index is 0.0386. The molecule has 20 heteroatoms. The molecule has 0 unspecified atom stereocenters. The number of benzene rings is 1. The van der Waals surface area contributed by atoms with Crippen molar-refractivity contribution in [2.75, 3.05) is 0 Å². The van der Waals surface area contributed by atoms with E-state index < -0.39 is 64.0 Å². The molecule has 0 aromatic heterocycles. The van der Waals surface area contributed by atoms with Gasteiger partial charge in [-0.15, -0.1) is 0 Å². The van der Waals surface area contributed by atoms with E-state index in [1.807, 2.05) is 0 Å². The number of alkyl halides is 15. The van der Waals surface area contributed by atoms with Crippen LogP contribution in [0.4, 0.5) is 71.5 Å². The van der Waals surface area contributed by atoms with Gasteiger partial charge < -0.3 is 4.74 Å². The third-order valence-corrected chi connectivity index (χ3v) is 3.82. The predicted molar refractivity (Wildman–Crippen MR) is 74.5 cm³/mol. The van der Waals surface area contributed by atoms with Crippen LogP contribution in [0.15, 0.2) is 24.3 Å². The molecule has 0 amide bonds. The van der Waals surface area contributed by atoms with Crippen LogP contribution in [0.3, 0.4) is 0 Å². The van der Waals surface area contributed by atoms with Crippen molar-refractivity contribution in [2.45, 2.75) is 41.7 Å². The molecule has 0 spiro atoms. The van der Waals surface area contributed by atoms with Crippen molar-refractivity contribution in [2.24, 2.45) is 0 Å². The van der Waals surface area contributed by atoms with E-state index in [1.165, 1.54) is 0 Å². The van der Waals surface area contributed by atoms with Crippen LogP contribution in [0.5, 0.6) is 5.75 Å². The van der Waals surface area contributed by atoms with Gasteiger partial charge in [-0.2, -0.15) is 65.9 Å². The average Bonchev–Trinajstić information content (AvgIpc) is 2.66. The average molecular weight is 535 g/mol. The summed E-state index contributed by atoms with van der Waals surface area (Å²) in [5.41, 5.74) is -1.09. The number of nitro groups is 1. The molecular formula is C14H4F15NO4. The monoisotopic (exact) mass is 535 g/mol. The standard InChI is InChI=1S/C14H4F15NO4/c15-8(16,7(31)34-6-3-1-2-5(4-6)30(32)33)9(17,18)10(19,20)11(21,22)12(23,24)13(25,26)14(27,28)29/h1-4H. The number of nitro benzene ring substituents is 1. The number of carbonyl (C=O) groups is 1. The fraction of sp³-hybridized carbons (Fsp3) is 0.500. The molecule has 0 saturated carbocycles. The van der Waals surface area contributed by atoms with Crippen molar-refractivity contribution in [1.82, 2.24) is 0 Å². The molecule has 0 heterocycles. The van der Waals surface area contributed by atoms with Crippen molar-refractivity contribution < 1.29 is 80.3 Å². The van der Waals surface area contributed by atoms with Gasteiger partial charge in [-0.05, 0) is 6.07 Å². The second-order valence-corrected chi connectivity index (χ2v) is 6.09. The molecular weight excluding hydrogens is 531 g/mol. The SMILES string of the molecule is O=C(Oc1cccc([N+](=O)[O-])c1)C(F)(F)C(F)(F)C(F)(F)C(F)(F)C(F)(F)C(F)(F)C(F)(F)F. The molecule has 0 saturated heterocycles. The Morgan fingerprint density at radius 1 is 0.706 bits per heavy atom. The van der Waals surface area contributed by atoms with E-state index in [0.717, 1.165) is 0 Å². The number of esters is 1. The van der Waals surface area contributed by atoms with Crippen LogP contribution in [-0.4, -0.2) is 52.6 Å². The van der Waals surface area contributed by atoms with Gasteiger partial charge in [0.1, 0.15) is 5.75 Å². The number of rotatable bonds is 8. The van der Waals surface area contributed by atoms with Gasteiger partial charge in [0, 0.05) is 6.07 Å². The normalized spacial score (nSPS) is 14.7. The van der Waals surface area contributed by atoms with Gasteiger partial charge in [0.2, 0.25) is 0 Å². The lowest BCUT2D eigenvalue weighted by atomic mass is 9.91. The van der Waals surface area contributed by atoms with E-state index in [9.17, 15) is 80.8 Å². The van der Waals surface area contributed by atoms with Crippen molar-refractivity contribution >= 4 is 11.7 Å². The maximum absolute atomic E-state index is 13.7. The number of carbonyl (C=O) groups excluding carboxylic acids is 1. The first-order valence-corrected chi connectivity index (χ1v) is 7.61. The Bertz CT molecular complexity index is 957. The summed E-state index contributed by atoms with van der Waals surface area (Å²) in [7, 11) is 0. The zero-order valence-corrected chi connectivity index (χ0v) is 15.1. The number of hydrogen-bond acceptors (Lipinski definition) is 4. The summed E-state index contributed by atoms with van der Waals surface area (Å²) < 4.78 is 199.